The van der Waals surface area contributed by atoms with E-state index in [9.17, 15) is 4.79 Å². The van der Waals surface area contributed by atoms with Gasteiger partial charge in [0.15, 0.2) is 0 Å². The first kappa shape index (κ1) is 19.8. The highest BCUT2D eigenvalue weighted by atomic mass is 16.5. The minimum atomic E-state index is -0.148. The lowest BCUT2D eigenvalue weighted by atomic mass is 10.1. The van der Waals surface area contributed by atoms with Crippen LogP contribution < -0.4 is 14.8 Å². The first-order chi connectivity index (χ1) is 12.5. The minimum Gasteiger partial charge on any atom is -0.496 e. The quantitative estimate of drug-likeness (QED) is 0.738. The zero-order chi connectivity index (χ0) is 18.9. The van der Waals surface area contributed by atoms with E-state index in [-0.39, 0.29) is 12.0 Å². The van der Waals surface area contributed by atoms with Gasteiger partial charge in [0.25, 0.3) is 5.91 Å². The summed E-state index contributed by atoms with van der Waals surface area (Å²) in [7, 11) is 1.62. The molecule has 0 aliphatic carbocycles. The molecule has 2 aromatic carbocycles. The van der Waals surface area contributed by atoms with Crippen LogP contribution in [0.25, 0.3) is 0 Å². The van der Waals surface area contributed by atoms with Crippen molar-refractivity contribution in [1.82, 2.24) is 5.32 Å². The number of methoxy groups -OCH3 is 1. The number of hydrogen-bond acceptors (Lipinski definition) is 4. The molecule has 0 saturated heterocycles. The topological polar surface area (TPSA) is 56.8 Å². The maximum absolute atomic E-state index is 12.5. The lowest BCUT2D eigenvalue weighted by Crippen LogP contribution is -2.23. The van der Waals surface area contributed by atoms with Crippen LogP contribution in [0.5, 0.6) is 11.5 Å². The van der Waals surface area contributed by atoms with Crippen molar-refractivity contribution >= 4 is 5.91 Å². The average molecular weight is 357 g/mol. The van der Waals surface area contributed by atoms with Gasteiger partial charge >= 0.3 is 0 Å². The zero-order valence-corrected chi connectivity index (χ0v) is 15.9. The molecule has 0 aliphatic rings. The fraction of sp³-hybridized carbons (Fsp3) is 0.381. The summed E-state index contributed by atoms with van der Waals surface area (Å²) in [5.41, 5.74) is 2.37. The second-order valence-electron chi connectivity index (χ2n) is 6.11. The van der Waals surface area contributed by atoms with Gasteiger partial charge in [-0.05, 0) is 45.0 Å². The Morgan fingerprint density at radius 3 is 2.54 bits per heavy atom. The summed E-state index contributed by atoms with van der Waals surface area (Å²) in [5, 5.41) is 2.93. The Morgan fingerprint density at radius 2 is 1.85 bits per heavy atom. The first-order valence-corrected chi connectivity index (χ1v) is 8.82. The van der Waals surface area contributed by atoms with Crippen molar-refractivity contribution in [3.05, 3.63) is 59.2 Å². The molecule has 0 bridgehead atoms. The molecule has 1 amide bonds. The molecule has 0 saturated carbocycles. The Bertz CT molecular complexity index is 728. The second-order valence-corrected chi connectivity index (χ2v) is 6.11. The lowest BCUT2D eigenvalue weighted by Gasteiger charge is -2.14. The number of carbonyl (C=O) groups excluding carboxylic acids is 1. The Hall–Kier alpha value is -2.53. The molecule has 0 atom stereocenters. The molecule has 0 radical (unpaired) electrons. The Morgan fingerprint density at radius 1 is 1.08 bits per heavy atom. The number of hydrogen-bond donors (Lipinski definition) is 1. The fourth-order valence-electron chi connectivity index (χ4n) is 2.51. The number of nitrogens with one attached hydrogen (secondary N) is 1. The van der Waals surface area contributed by atoms with Crippen LogP contribution in [-0.4, -0.2) is 25.7 Å². The van der Waals surface area contributed by atoms with Crippen molar-refractivity contribution in [3.8, 4) is 11.5 Å². The van der Waals surface area contributed by atoms with Crippen molar-refractivity contribution in [2.45, 2.75) is 40.0 Å². The molecular formula is C21H27NO4. The van der Waals surface area contributed by atoms with E-state index in [1.54, 1.807) is 13.2 Å². The molecule has 26 heavy (non-hydrogen) atoms. The molecule has 2 rings (SSSR count). The number of amides is 1. The average Bonchev–Trinajstić information content (AvgIpc) is 2.65. The van der Waals surface area contributed by atoms with Gasteiger partial charge in [-0.15, -0.1) is 0 Å². The Kier molecular flexibility index (Phi) is 7.48. The van der Waals surface area contributed by atoms with E-state index in [0.717, 1.165) is 22.6 Å². The van der Waals surface area contributed by atoms with Crippen molar-refractivity contribution < 1.29 is 19.0 Å². The van der Waals surface area contributed by atoms with Gasteiger partial charge in [0.1, 0.15) is 11.5 Å². The monoisotopic (exact) mass is 357 g/mol. The van der Waals surface area contributed by atoms with Crippen LogP contribution in [0.2, 0.25) is 0 Å². The summed E-state index contributed by atoms with van der Waals surface area (Å²) in [6, 6.07) is 13.0. The second kappa shape index (κ2) is 9.82. The van der Waals surface area contributed by atoms with Crippen LogP contribution in [0.1, 0.15) is 42.3 Å². The fourth-order valence-corrected chi connectivity index (χ4v) is 2.51. The SMILES string of the molecule is CCOc1ccc(C(=O)NCc2ccccc2OC)cc1COC(C)C. The van der Waals surface area contributed by atoms with Crippen molar-refractivity contribution in [3.63, 3.8) is 0 Å². The minimum absolute atomic E-state index is 0.104. The summed E-state index contributed by atoms with van der Waals surface area (Å²) in [5.74, 6) is 1.35. The van der Waals surface area contributed by atoms with Gasteiger partial charge in [-0.1, -0.05) is 18.2 Å². The number of rotatable bonds is 9. The highest BCUT2D eigenvalue weighted by Crippen LogP contribution is 2.22. The zero-order valence-electron chi connectivity index (χ0n) is 15.9. The van der Waals surface area contributed by atoms with Gasteiger partial charge in [0, 0.05) is 23.2 Å². The summed E-state index contributed by atoms with van der Waals surface area (Å²) in [4.78, 5) is 12.5. The lowest BCUT2D eigenvalue weighted by molar-refractivity contribution is 0.0641. The molecule has 2 aromatic rings. The van der Waals surface area contributed by atoms with Crippen LogP contribution in [-0.2, 0) is 17.9 Å². The highest BCUT2D eigenvalue weighted by Gasteiger charge is 2.12. The predicted octanol–water partition coefficient (Wildman–Crippen LogP) is 3.95. The molecule has 0 aliphatic heterocycles. The van der Waals surface area contributed by atoms with Gasteiger partial charge in [-0.25, -0.2) is 0 Å². The normalized spacial score (nSPS) is 10.7. The third-order valence-corrected chi connectivity index (χ3v) is 3.83. The van der Waals surface area contributed by atoms with Crippen molar-refractivity contribution in [1.29, 1.82) is 0 Å². The molecule has 5 nitrogen and oxygen atoms in total. The Balaban J connectivity index is 2.11. The maximum Gasteiger partial charge on any atom is 0.251 e. The van der Waals surface area contributed by atoms with Crippen LogP contribution in [0.3, 0.4) is 0 Å². The van der Waals surface area contributed by atoms with Crippen LogP contribution in [0.15, 0.2) is 42.5 Å². The Labute approximate surface area is 155 Å². The van der Waals surface area contributed by atoms with Gasteiger partial charge in [0.05, 0.1) is 26.4 Å². The molecule has 5 heteroatoms. The van der Waals surface area contributed by atoms with E-state index < -0.39 is 0 Å². The van der Waals surface area contributed by atoms with Gasteiger partial charge < -0.3 is 19.5 Å². The summed E-state index contributed by atoms with van der Waals surface area (Å²) in [6.07, 6.45) is 0.104. The number of ether oxygens (including phenoxy) is 3. The first-order valence-electron chi connectivity index (χ1n) is 8.82. The predicted molar refractivity (Wildman–Crippen MR) is 102 cm³/mol. The molecular weight excluding hydrogens is 330 g/mol. The van der Waals surface area contributed by atoms with Gasteiger partial charge in [-0.2, -0.15) is 0 Å². The van der Waals surface area contributed by atoms with Crippen LogP contribution >= 0.6 is 0 Å². The molecule has 1 N–H and O–H groups in total. The van der Waals surface area contributed by atoms with Crippen molar-refractivity contribution in [2.24, 2.45) is 0 Å². The standard InChI is InChI=1S/C21H27NO4/c1-5-25-20-11-10-16(12-18(20)14-26-15(2)3)21(23)22-13-17-8-6-7-9-19(17)24-4/h6-12,15H,5,13-14H2,1-4H3,(H,22,23). The largest absolute Gasteiger partial charge is 0.496 e. The molecule has 0 unspecified atom stereocenters. The molecule has 0 fully saturated rings. The van der Waals surface area contributed by atoms with E-state index in [1.165, 1.54) is 0 Å². The highest BCUT2D eigenvalue weighted by molar-refractivity contribution is 5.94. The maximum atomic E-state index is 12.5. The van der Waals surface area contributed by atoms with E-state index >= 15 is 0 Å². The van der Waals surface area contributed by atoms with E-state index in [1.807, 2.05) is 57.2 Å². The van der Waals surface area contributed by atoms with E-state index in [4.69, 9.17) is 14.2 Å². The van der Waals surface area contributed by atoms with Crippen LogP contribution in [0, 0.1) is 0 Å². The summed E-state index contributed by atoms with van der Waals surface area (Å²) in [6.45, 7) is 7.25. The molecule has 0 heterocycles. The van der Waals surface area contributed by atoms with Crippen molar-refractivity contribution in [2.75, 3.05) is 13.7 Å². The number of para-hydroxylation sites is 1. The summed E-state index contributed by atoms with van der Waals surface area (Å²) < 4.78 is 16.6. The van der Waals surface area contributed by atoms with E-state index in [2.05, 4.69) is 5.32 Å². The van der Waals surface area contributed by atoms with Gasteiger partial charge in [-0.3, -0.25) is 4.79 Å². The number of benzene rings is 2. The third kappa shape index (κ3) is 5.49. The molecule has 0 aromatic heterocycles. The van der Waals surface area contributed by atoms with Gasteiger partial charge in [0.2, 0.25) is 0 Å². The van der Waals surface area contributed by atoms with Crippen LogP contribution in [0.4, 0.5) is 0 Å². The smallest absolute Gasteiger partial charge is 0.251 e. The van der Waals surface area contributed by atoms with E-state index in [0.29, 0.717) is 25.3 Å². The third-order valence-electron chi connectivity index (χ3n) is 3.83. The summed E-state index contributed by atoms with van der Waals surface area (Å²) >= 11 is 0. The molecule has 0 spiro atoms. The molecule has 140 valence electrons. The number of carbonyl (C=O) groups is 1.